The molecule has 4 aliphatic rings. The predicted octanol–water partition coefficient (Wildman–Crippen LogP) is 3.60. The zero-order valence-electron chi connectivity index (χ0n) is 18.4. The number of anilines is 1. The normalized spacial score (nSPS) is 34.2. The monoisotopic (exact) mass is 419 g/mol. The molecule has 1 saturated carbocycles. The van der Waals surface area contributed by atoms with Gasteiger partial charge in [-0.1, -0.05) is 24.3 Å². The lowest BCUT2D eigenvalue weighted by Crippen LogP contribution is -2.76. The predicted molar refractivity (Wildman–Crippen MR) is 120 cm³/mol. The number of benzene rings is 2. The first kappa shape index (κ1) is 19.1. The Kier molecular flexibility index (Phi) is 4.14. The van der Waals surface area contributed by atoms with Gasteiger partial charge in [-0.25, -0.2) is 0 Å². The average molecular weight is 420 g/mol. The number of para-hydroxylation sites is 1. The third-order valence-corrected chi connectivity index (χ3v) is 8.18. The molecule has 2 aromatic carbocycles. The number of piperidine rings is 1. The van der Waals surface area contributed by atoms with Crippen molar-refractivity contribution in [2.24, 2.45) is 5.10 Å². The summed E-state index contributed by atoms with van der Waals surface area (Å²) in [6.45, 7) is 1.02. The van der Waals surface area contributed by atoms with Crippen LogP contribution in [0, 0.1) is 0 Å². The second kappa shape index (κ2) is 6.71. The van der Waals surface area contributed by atoms with Crippen molar-refractivity contribution < 1.29 is 14.2 Å². The van der Waals surface area contributed by atoms with Gasteiger partial charge in [0, 0.05) is 18.7 Å². The second-order valence-electron chi connectivity index (χ2n) is 9.23. The minimum atomic E-state index is -0.291. The Labute approximate surface area is 183 Å². The number of likely N-dealkylation sites (tertiary alicyclic amines) is 1. The highest BCUT2D eigenvalue weighted by atomic mass is 16.5. The number of hydrogen-bond acceptors (Lipinski definition) is 6. The largest absolute Gasteiger partial charge is 0.493 e. The van der Waals surface area contributed by atoms with Crippen LogP contribution in [-0.4, -0.2) is 56.2 Å². The zero-order chi connectivity index (χ0) is 21.2. The van der Waals surface area contributed by atoms with Crippen molar-refractivity contribution in [1.82, 2.24) is 4.90 Å². The lowest BCUT2D eigenvalue weighted by atomic mass is 9.48. The Morgan fingerprint density at radius 2 is 1.97 bits per heavy atom. The Bertz CT molecular complexity index is 1060. The van der Waals surface area contributed by atoms with Gasteiger partial charge in [0.2, 0.25) is 0 Å². The smallest absolute Gasteiger partial charge is 0.166 e. The number of nitrogens with one attached hydrogen (secondary N) is 1. The fourth-order valence-corrected chi connectivity index (χ4v) is 6.85. The van der Waals surface area contributed by atoms with E-state index >= 15 is 0 Å². The van der Waals surface area contributed by atoms with Gasteiger partial charge in [0.25, 0.3) is 0 Å². The molecule has 0 amide bonds. The molecule has 6 heteroatoms. The number of likely N-dealkylation sites (N-methyl/N-ethyl adjacent to an activating group) is 1. The molecule has 2 aliphatic carbocycles. The summed E-state index contributed by atoms with van der Waals surface area (Å²) in [6, 6.07) is 14.7. The molecular formula is C25H29N3O3. The molecule has 0 radical (unpaired) electrons. The first-order valence-corrected chi connectivity index (χ1v) is 11.1. The Hall–Kier alpha value is -2.57. The summed E-state index contributed by atoms with van der Waals surface area (Å²) >= 11 is 0. The lowest BCUT2D eigenvalue weighted by molar-refractivity contribution is -0.180. The zero-order valence-corrected chi connectivity index (χ0v) is 18.4. The van der Waals surface area contributed by atoms with E-state index in [4.69, 9.17) is 19.3 Å². The van der Waals surface area contributed by atoms with E-state index in [1.54, 1.807) is 7.11 Å². The highest BCUT2D eigenvalue weighted by molar-refractivity contribution is 5.95. The maximum Gasteiger partial charge on any atom is 0.166 e. The number of hydrogen-bond donors (Lipinski definition) is 1. The van der Waals surface area contributed by atoms with E-state index in [1.165, 1.54) is 11.1 Å². The summed E-state index contributed by atoms with van der Waals surface area (Å²) in [4.78, 5) is 2.49. The van der Waals surface area contributed by atoms with Crippen LogP contribution in [0.2, 0.25) is 0 Å². The van der Waals surface area contributed by atoms with E-state index in [9.17, 15) is 0 Å². The minimum Gasteiger partial charge on any atom is -0.493 e. The van der Waals surface area contributed by atoms with Crippen molar-refractivity contribution in [3.05, 3.63) is 53.6 Å². The van der Waals surface area contributed by atoms with Crippen molar-refractivity contribution in [2.75, 3.05) is 33.2 Å². The van der Waals surface area contributed by atoms with Crippen LogP contribution in [0.25, 0.3) is 0 Å². The van der Waals surface area contributed by atoms with Crippen LogP contribution in [0.3, 0.4) is 0 Å². The van der Waals surface area contributed by atoms with Crippen molar-refractivity contribution in [3.63, 3.8) is 0 Å². The van der Waals surface area contributed by atoms with E-state index < -0.39 is 0 Å². The summed E-state index contributed by atoms with van der Waals surface area (Å²) in [7, 11) is 5.84. The van der Waals surface area contributed by atoms with Crippen LogP contribution in [0.5, 0.6) is 11.5 Å². The first-order chi connectivity index (χ1) is 15.1. The molecule has 1 N–H and O–H groups in total. The molecule has 0 aromatic heterocycles. The van der Waals surface area contributed by atoms with Crippen molar-refractivity contribution in [1.29, 1.82) is 0 Å². The van der Waals surface area contributed by atoms with E-state index in [0.29, 0.717) is 6.04 Å². The van der Waals surface area contributed by atoms with Crippen molar-refractivity contribution in [2.45, 2.75) is 48.8 Å². The van der Waals surface area contributed by atoms with E-state index in [2.05, 4.69) is 29.5 Å². The molecule has 2 aliphatic heterocycles. The fraction of sp³-hybridized carbons (Fsp3) is 0.480. The van der Waals surface area contributed by atoms with Gasteiger partial charge in [-0.2, -0.15) is 5.10 Å². The topological polar surface area (TPSA) is 55.3 Å². The molecule has 1 saturated heterocycles. The molecule has 1 spiro atoms. The molecule has 2 aromatic rings. The van der Waals surface area contributed by atoms with Gasteiger partial charge in [-0.3, -0.25) is 5.43 Å². The Balaban J connectivity index is 1.53. The molecular weight excluding hydrogens is 390 g/mol. The number of nitrogens with zero attached hydrogens (tertiary/aromatic N) is 2. The molecule has 2 fully saturated rings. The fourth-order valence-electron chi connectivity index (χ4n) is 6.85. The maximum atomic E-state index is 6.77. The summed E-state index contributed by atoms with van der Waals surface area (Å²) in [5.74, 6) is 1.70. The average Bonchev–Trinajstić information content (AvgIpc) is 3.16. The van der Waals surface area contributed by atoms with Crippen molar-refractivity contribution >= 4 is 11.4 Å². The van der Waals surface area contributed by atoms with Gasteiger partial charge >= 0.3 is 0 Å². The van der Waals surface area contributed by atoms with E-state index in [1.807, 2.05) is 37.4 Å². The SMILES string of the molecule is COc1ccc2c3c1O[C@H]1/C(=N/Nc4ccccc4)CC[C@@]4(OC)[C@@H](C2)N(C)CC[C@]314. The number of hydrazone groups is 1. The van der Waals surface area contributed by atoms with Gasteiger partial charge < -0.3 is 19.1 Å². The third-order valence-electron chi connectivity index (χ3n) is 8.18. The molecule has 2 heterocycles. The van der Waals surface area contributed by atoms with Gasteiger partial charge in [0.05, 0.1) is 29.5 Å². The minimum absolute atomic E-state index is 0.154. The van der Waals surface area contributed by atoms with Gasteiger partial charge in [-0.15, -0.1) is 0 Å². The van der Waals surface area contributed by atoms with Gasteiger partial charge in [0.15, 0.2) is 17.6 Å². The summed E-state index contributed by atoms with van der Waals surface area (Å²) < 4.78 is 19.0. The van der Waals surface area contributed by atoms with Gasteiger partial charge in [-0.05, 0) is 63.0 Å². The molecule has 6 nitrogen and oxygen atoms in total. The Morgan fingerprint density at radius 3 is 2.74 bits per heavy atom. The van der Waals surface area contributed by atoms with Crippen LogP contribution in [0.15, 0.2) is 47.6 Å². The summed E-state index contributed by atoms with van der Waals surface area (Å²) in [5.41, 5.74) is 7.43. The molecule has 162 valence electrons. The standard InChI is InChI=1S/C25H29N3O3/c1-28-14-13-24-21-16-9-10-19(29-2)22(21)31-23(24)18(27-26-17-7-5-4-6-8-17)11-12-25(24,30-3)20(28)15-16/h4-10,20,23,26H,11-15H2,1-3H3/b27-18+/t20-,23+,24+,25-/m1/s1. The molecule has 6 rings (SSSR count). The third kappa shape index (κ3) is 2.32. The maximum absolute atomic E-state index is 6.77. The Morgan fingerprint density at radius 1 is 1.13 bits per heavy atom. The second-order valence-corrected chi connectivity index (χ2v) is 9.23. The lowest BCUT2D eigenvalue weighted by Gasteiger charge is -2.64. The first-order valence-electron chi connectivity index (χ1n) is 11.1. The highest BCUT2D eigenvalue weighted by Crippen LogP contribution is 2.65. The van der Waals surface area contributed by atoms with Crippen LogP contribution in [0.1, 0.15) is 30.4 Å². The van der Waals surface area contributed by atoms with Crippen LogP contribution in [0.4, 0.5) is 5.69 Å². The number of methoxy groups -OCH3 is 2. The van der Waals surface area contributed by atoms with E-state index in [0.717, 1.165) is 55.1 Å². The molecule has 4 atom stereocenters. The van der Waals surface area contributed by atoms with Crippen LogP contribution in [-0.2, 0) is 16.6 Å². The number of rotatable bonds is 4. The summed E-state index contributed by atoms with van der Waals surface area (Å²) in [6.07, 6.45) is 3.58. The molecule has 0 unspecified atom stereocenters. The number of ether oxygens (including phenoxy) is 3. The quantitative estimate of drug-likeness (QED) is 0.768. The van der Waals surface area contributed by atoms with Gasteiger partial charge in [0.1, 0.15) is 0 Å². The van der Waals surface area contributed by atoms with E-state index in [-0.39, 0.29) is 17.1 Å². The molecule has 2 bridgehead atoms. The van der Waals surface area contributed by atoms with Crippen molar-refractivity contribution in [3.8, 4) is 11.5 Å². The summed E-state index contributed by atoms with van der Waals surface area (Å²) in [5, 5.41) is 4.88. The van der Waals surface area contributed by atoms with Crippen LogP contribution < -0.4 is 14.9 Å². The molecule has 31 heavy (non-hydrogen) atoms. The highest BCUT2D eigenvalue weighted by Gasteiger charge is 2.73. The van der Waals surface area contributed by atoms with Crippen LogP contribution >= 0.6 is 0 Å².